The monoisotopic (exact) mass is 460 g/mol. The van der Waals surface area contributed by atoms with E-state index in [9.17, 15) is 0 Å². The second kappa shape index (κ2) is 9.34. The van der Waals surface area contributed by atoms with E-state index in [0.29, 0.717) is 5.11 Å². The van der Waals surface area contributed by atoms with E-state index in [-0.39, 0.29) is 0 Å². The molecule has 3 rings (SSSR count). The van der Waals surface area contributed by atoms with Gasteiger partial charge in [0.25, 0.3) is 0 Å². The van der Waals surface area contributed by atoms with Crippen LogP contribution in [0.2, 0.25) is 0 Å². The molecule has 0 aliphatic rings. The van der Waals surface area contributed by atoms with Crippen LogP contribution in [0.25, 0.3) is 0 Å². The topological polar surface area (TPSA) is 59.7 Å². The highest BCUT2D eigenvalue weighted by atomic mass is 79.9. The van der Waals surface area contributed by atoms with Crippen LogP contribution in [0.15, 0.2) is 41.1 Å². The molecule has 0 amide bonds. The number of nitrogens with zero attached hydrogens (tertiary/aromatic N) is 4. The normalized spacial score (nSPS) is 10.9. The largest absolute Gasteiger partial charge is 0.362 e. The molecule has 2 heterocycles. The number of thiocarbonyl (C=S) groups is 1. The van der Waals surface area contributed by atoms with Crippen molar-refractivity contribution in [3.63, 3.8) is 0 Å². The average molecular weight is 461 g/mol. The third-order valence-corrected chi connectivity index (χ3v) is 6.00. The summed E-state index contributed by atoms with van der Waals surface area (Å²) < 4.78 is 5.02. The van der Waals surface area contributed by atoms with Crippen molar-refractivity contribution < 1.29 is 0 Å². The van der Waals surface area contributed by atoms with Gasteiger partial charge in [0.15, 0.2) is 5.11 Å². The summed E-state index contributed by atoms with van der Waals surface area (Å²) in [7, 11) is 0. The number of halogens is 1. The summed E-state index contributed by atoms with van der Waals surface area (Å²) in [5.41, 5.74) is 5.58. The van der Waals surface area contributed by atoms with E-state index < -0.39 is 0 Å². The van der Waals surface area contributed by atoms with Crippen LogP contribution in [-0.2, 0) is 13.1 Å². The maximum Gasteiger partial charge on any atom is 0.170 e. The summed E-state index contributed by atoms with van der Waals surface area (Å²) in [6.07, 6.45) is 4.69. The Morgan fingerprint density at radius 1 is 1.21 bits per heavy atom. The van der Waals surface area contributed by atoms with Crippen LogP contribution in [0.4, 0.5) is 5.69 Å². The van der Waals surface area contributed by atoms with Gasteiger partial charge >= 0.3 is 0 Å². The molecule has 0 radical (unpaired) electrons. The number of anilines is 1. The summed E-state index contributed by atoms with van der Waals surface area (Å²) in [5.74, 6) is 0. The number of aryl methyl sites for hydroxylation is 3. The Morgan fingerprint density at radius 3 is 2.71 bits per heavy atom. The van der Waals surface area contributed by atoms with Gasteiger partial charge in [-0.1, -0.05) is 24.3 Å². The van der Waals surface area contributed by atoms with E-state index in [0.717, 1.165) is 47.6 Å². The van der Waals surface area contributed by atoms with E-state index >= 15 is 0 Å². The molecular formula is C20H25BrN6S. The molecule has 0 spiro atoms. The molecule has 6 nitrogen and oxygen atoms in total. The van der Waals surface area contributed by atoms with Gasteiger partial charge in [-0.15, -0.1) is 0 Å². The van der Waals surface area contributed by atoms with E-state index in [1.54, 1.807) is 6.20 Å². The van der Waals surface area contributed by atoms with Crippen LogP contribution in [0.5, 0.6) is 0 Å². The number of benzene rings is 1. The molecule has 2 aromatic heterocycles. The quantitative estimate of drug-likeness (QED) is 0.408. The van der Waals surface area contributed by atoms with Gasteiger partial charge in [0.05, 0.1) is 28.6 Å². The highest BCUT2D eigenvalue weighted by molar-refractivity contribution is 9.10. The zero-order valence-corrected chi connectivity index (χ0v) is 18.8. The molecule has 0 fully saturated rings. The highest BCUT2D eigenvalue weighted by Crippen LogP contribution is 2.19. The summed E-state index contributed by atoms with van der Waals surface area (Å²) in [5, 5.41) is 16.0. The van der Waals surface area contributed by atoms with Crippen LogP contribution >= 0.6 is 28.1 Å². The summed E-state index contributed by atoms with van der Waals surface area (Å²) in [4.78, 5) is 0. The standard InChI is InChI=1S/C20H25BrN6S/c1-14-7-4-5-8-17(14)12-26-13-18(11-23-26)24-20(28)22-9-6-10-27-16(3)19(21)15(2)25-27/h4-5,7-8,11,13H,6,9-10,12H2,1-3H3,(H2,22,24,28). The molecule has 0 unspecified atom stereocenters. The Kier molecular flexibility index (Phi) is 6.85. The molecule has 0 saturated heterocycles. The van der Waals surface area contributed by atoms with Gasteiger partial charge in [-0.25, -0.2) is 0 Å². The predicted octanol–water partition coefficient (Wildman–Crippen LogP) is 4.19. The molecule has 148 valence electrons. The SMILES string of the molecule is Cc1ccccc1Cn1cc(NC(=S)NCCCn2nc(C)c(Br)c2C)cn1. The summed E-state index contributed by atoms with van der Waals surface area (Å²) >= 11 is 8.95. The second-order valence-electron chi connectivity index (χ2n) is 6.80. The second-order valence-corrected chi connectivity index (χ2v) is 8.00. The Bertz CT molecular complexity index is 962. The minimum absolute atomic E-state index is 0.602. The fourth-order valence-electron chi connectivity index (χ4n) is 2.98. The molecular weight excluding hydrogens is 436 g/mol. The van der Waals surface area contributed by atoms with Gasteiger partial charge in [0, 0.05) is 25.0 Å². The third-order valence-electron chi connectivity index (χ3n) is 4.61. The number of hydrogen-bond acceptors (Lipinski definition) is 3. The maximum absolute atomic E-state index is 5.39. The minimum Gasteiger partial charge on any atom is -0.362 e. The Hall–Kier alpha value is -2.19. The van der Waals surface area contributed by atoms with Crippen molar-refractivity contribution in [2.75, 3.05) is 11.9 Å². The van der Waals surface area contributed by atoms with Crippen molar-refractivity contribution in [3.8, 4) is 0 Å². The zero-order valence-electron chi connectivity index (χ0n) is 16.4. The molecule has 8 heteroatoms. The number of aromatic nitrogens is 4. The lowest BCUT2D eigenvalue weighted by molar-refractivity contribution is 0.558. The van der Waals surface area contributed by atoms with Gasteiger partial charge in [0.1, 0.15) is 0 Å². The van der Waals surface area contributed by atoms with Gasteiger partial charge in [0.2, 0.25) is 0 Å². The fourth-order valence-corrected chi connectivity index (χ4v) is 3.48. The van der Waals surface area contributed by atoms with Crippen LogP contribution in [0.3, 0.4) is 0 Å². The Labute approximate surface area is 179 Å². The van der Waals surface area contributed by atoms with Gasteiger partial charge < -0.3 is 10.6 Å². The van der Waals surface area contributed by atoms with Crippen LogP contribution in [0, 0.1) is 20.8 Å². The first-order chi connectivity index (χ1) is 13.4. The lowest BCUT2D eigenvalue weighted by atomic mass is 10.1. The van der Waals surface area contributed by atoms with E-state index in [1.807, 2.05) is 28.6 Å². The Morgan fingerprint density at radius 2 is 2.00 bits per heavy atom. The molecule has 0 bridgehead atoms. The third kappa shape index (κ3) is 5.20. The van der Waals surface area contributed by atoms with Crippen molar-refractivity contribution in [1.82, 2.24) is 24.9 Å². The number of nitrogens with one attached hydrogen (secondary N) is 2. The highest BCUT2D eigenvalue weighted by Gasteiger charge is 2.08. The smallest absolute Gasteiger partial charge is 0.170 e. The average Bonchev–Trinajstić information content (AvgIpc) is 3.20. The predicted molar refractivity (Wildman–Crippen MR) is 121 cm³/mol. The molecule has 2 N–H and O–H groups in total. The first-order valence-electron chi connectivity index (χ1n) is 9.25. The first-order valence-corrected chi connectivity index (χ1v) is 10.5. The summed E-state index contributed by atoms with van der Waals surface area (Å²) in [6.45, 7) is 8.55. The van der Waals surface area contributed by atoms with E-state index in [1.165, 1.54) is 11.1 Å². The van der Waals surface area contributed by atoms with Crippen molar-refractivity contribution in [2.45, 2.75) is 40.3 Å². The lowest BCUT2D eigenvalue weighted by Gasteiger charge is -2.09. The summed E-state index contributed by atoms with van der Waals surface area (Å²) in [6, 6.07) is 8.33. The van der Waals surface area contributed by atoms with Gasteiger partial charge in [-0.3, -0.25) is 9.36 Å². The first kappa shape index (κ1) is 20.5. The molecule has 0 aliphatic carbocycles. The van der Waals surface area contributed by atoms with Crippen molar-refractivity contribution in [1.29, 1.82) is 0 Å². The molecule has 3 aromatic rings. The molecule has 28 heavy (non-hydrogen) atoms. The van der Waals surface area contributed by atoms with Gasteiger partial charge in [-0.05, 0) is 66.5 Å². The lowest BCUT2D eigenvalue weighted by Crippen LogP contribution is -2.29. The van der Waals surface area contributed by atoms with Crippen LogP contribution < -0.4 is 10.6 Å². The molecule has 1 aromatic carbocycles. The van der Waals surface area contributed by atoms with Crippen molar-refractivity contribution >= 4 is 38.9 Å². The molecule has 0 saturated carbocycles. The van der Waals surface area contributed by atoms with Crippen LogP contribution in [-0.4, -0.2) is 31.2 Å². The Balaban J connectivity index is 1.43. The fraction of sp³-hybridized carbons (Fsp3) is 0.350. The maximum atomic E-state index is 5.39. The number of rotatable bonds is 7. The minimum atomic E-state index is 0.602. The molecule has 0 aliphatic heterocycles. The molecule has 0 atom stereocenters. The van der Waals surface area contributed by atoms with Crippen molar-refractivity contribution in [2.24, 2.45) is 0 Å². The van der Waals surface area contributed by atoms with E-state index in [4.69, 9.17) is 12.2 Å². The zero-order chi connectivity index (χ0) is 20.1. The van der Waals surface area contributed by atoms with Crippen molar-refractivity contribution in [3.05, 3.63) is 63.6 Å². The van der Waals surface area contributed by atoms with Gasteiger partial charge in [-0.2, -0.15) is 10.2 Å². The van der Waals surface area contributed by atoms with E-state index in [2.05, 4.69) is 68.8 Å². The van der Waals surface area contributed by atoms with Crippen LogP contribution in [0.1, 0.15) is 28.9 Å². The number of hydrogen-bond donors (Lipinski definition) is 2.